The van der Waals surface area contributed by atoms with E-state index in [4.69, 9.17) is 9.84 Å². The maximum absolute atomic E-state index is 13.1. The zero-order valence-corrected chi connectivity index (χ0v) is 7.53. The van der Waals surface area contributed by atoms with Gasteiger partial charge in [0.2, 0.25) is 0 Å². The first-order chi connectivity index (χ1) is 6.65. The normalized spacial score (nSPS) is 10.4. The molecule has 0 amide bonds. The summed E-state index contributed by atoms with van der Waals surface area (Å²) in [5, 5.41) is 8.39. The lowest BCUT2D eigenvalue weighted by Crippen LogP contribution is -1.92. The Bertz CT molecular complexity index is 372. The van der Waals surface area contributed by atoms with Gasteiger partial charge >= 0.3 is 5.97 Å². The summed E-state index contributed by atoms with van der Waals surface area (Å²) in [6.07, 6.45) is 2.21. The van der Waals surface area contributed by atoms with E-state index in [-0.39, 0.29) is 5.75 Å². The lowest BCUT2D eigenvalue weighted by atomic mass is 10.2. The van der Waals surface area contributed by atoms with Crippen LogP contribution < -0.4 is 4.74 Å². The Kier molecular flexibility index (Phi) is 3.23. The summed E-state index contributed by atoms with van der Waals surface area (Å²) in [5.41, 5.74) is 0.398. The van der Waals surface area contributed by atoms with Crippen LogP contribution in [0.3, 0.4) is 0 Å². The predicted molar refractivity (Wildman–Crippen MR) is 49.6 cm³/mol. The van der Waals surface area contributed by atoms with Crippen molar-refractivity contribution in [3.05, 3.63) is 35.7 Å². The highest BCUT2D eigenvalue weighted by Crippen LogP contribution is 2.23. The van der Waals surface area contributed by atoms with E-state index in [2.05, 4.69) is 0 Å². The minimum absolute atomic E-state index is 0.0463. The fraction of sp³-hybridized carbons (Fsp3) is 0.100. The van der Waals surface area contributed by atoms with Crippen molar-refractivity contribution in [1.82, 2.24) is 0 Å². The Balaban J connectivity index is 3.08. The second-order valence-electron chi connectivity index (χ2n) is 2.53. The minimum Gasteiger partial charge on any atom is -0.493 e. The van der Waals surface area contributed by atoms with Gasteiger partial charge in [-0.1, -0.05) is 12.1 Å². The summed E-state index contributed by atoms with van der Waals surface area (Å²) in [7, 11) is 1.33. The highest BCUT2D eigenvalue weighted by molar-refractivity contribution is 5.85. The largest absolute Gasteiger partial charge is 0.493 e. The van der Waals surface area contributed by atoms with Crippen molar-refractivity contribution in [1.29, 1.82) is 0 Å². The molecule has 0 atom stereocenters. The average Bonchev–Trinajstić information content (AvgIpc) is 2.14. The molecule has 14 heavy (non-hydrogen) atoms. The van der Waals surface area contributed by atoms with Gasteiger partial charge in [0.1, 0.15) is 0 Å². The molecule has 0 fully saturated rings. The van der Waals surface area contributed by atoms with Gasteiger partial charge in [-0.3, -0.25) is 0 Å². The molecule has 1 aromatic rings. The zero-order chi connectivity index (χ0) is 10.6. The second-order valence-corrected chi connectivity index (χ2v) is 2.53. The van der Waals surface area contributed by atoms with Crippen LogP contribution in [0.1, 0.15) is 5.56 Å². The quantitative estimate of drug-likeness (QED) is 0.751. The van der Waals surface area contributed by atoms with Crippen molar-refractivity contribution in [3.8, 4) is 5.75 Å². The van der Waals surface area contributed by atoms with Gasteiger partial charge in [0, 0.05) is 11.6 Å². The van der Waals surface area contributed by atoms with Crippen molar-refractivity contribution < 1.29 is 19.0 Å². The number of carboxylic acids is 1. The molecule has 1 rings (SSSR count). The predicted octanol–water partition coefficient (Wildman–Crippen LogP) is 1.93. The van der Waals surface area contributed by atoms with E-state index >= 15 is 0 Å². The molecule has 0 unspecified atom stereocenters. The zero-order valence-electron chi connectivity index (χ0n) is 7.53. The highest BCUT2D eigenvalue weighted by Gasteiger charge is 2.05. The number of aliphatic carboxylic acids is 1. The smallest absolute Gasteiger partial charge is 0.328 e. The molecule has 0 heterocycles. The molecule has 0 bridgehead atoms. The van der Waals surface area contributed by atoms with Gasteiger partial charge < -0.3 is 9.84 Å². The lowest BCUT2D eigenvalue weighted by molar-refractivity contribution is -0.131. The fourth-order valence-corrected chi connectivity index (χ4v) is 1.03. The van der Waals surface area contributed by atoms with Crippen LogP contribution in [-0.4, -0.2) is 18.2 Å². The number of methoxy groups -OCH3 is 1. The van der Waals surface area contributed by atoms with E-state index in [1.54, 1.807) is 6.07 Å². The maximum atomic E-state index is 13.1. The Hall–Kier alpha value is -1.84. The minimum atomic E-state index is -1.09. The molecule has 0 aromatic heterocycles. The van der Waals surface area contributed by atoms with Crippen LogP contribution in [0.15, 0.2) is 24.3 Å². The summed E-state index contributed by atoms with van der Waals surface area (Å²) >= 11 is 0. The third-order valence-electron chi connectivity index (χ3n) is 1.61. The number of carboxylic acid groups (broad SMARTS) is 1. The van der Waals surface area contributed by atoms with E-state index in [0.717, 1.165) is 6.08 Å². The maximum Gasteiger partial charge on any atom is 0.328 e. The number of halogens is 1. The molecule has 0 saturated heterocycles. The van der Waals surface area contributed by atoms with Crippen molar-refractivity contribution >= 4 is 12.0 Å². The van der Waals surface area contributed by atoms with Crippen LogP contribution in [0.5, 0.6) is 5.75 Å². The topological polar surface area (TPSA) is 46.5 Å². The van der Waals surface area contributed by atoms with Crippen molar-refractivity contribution in [3.63, 3.8) is 0 Å². The summed E-state index contributed by atoms with van der Waals surface area (Å²) < 4.78 is 17.9. The second kappa shape index (κ2) is 4.41. The van der Waals surface area contributed by atoms with E-state index in [1.807, 2.05) is 0 Å². The molecule has 4 heteroatoms. The van der Waals surface area contributed by atoms with Gasteiger partial charge in [-0.05, 0) is 12.1 Å². The number of para-hydroxylation sites is 1. The first kappa shape index (κ1) is 10.2. The van der Waals surface area contributed by atoms with E-state index in [9.17, 15) is 9.18 Å². The molecule has 1 N–H and O–H groups in total. The van der Waals surface area contributed by atoms with Crippen LogP contribution in [0.25, 0.3) is 6.08 Å². The van der Waals surface area contributed by atoms with Crippen molar-refractivity contribution in [2.75, 3.05) is 7.11 Å². The van der Waals surface area contributed by atoms with Gasteiger partial charge in [0.15, 0.2) is 11.6 Å². The first-order valence-corrected chi connectivity index (χ1v) is 3.88. The number of hydrogen-bond donors (Lipinski definition) is 1. The molecule has 0 saturated carbocycles. The van der Waals surface area contributed by atoms with Gasteiger partial charge in [0.05, 0.1) is 7.11 Å². The Morgan fingerprint density at radius 3 is 2.86 bits per heavy atom. The van der Waals surface area contributed by atoms with E-state index in [1.165, 1.54) is 25.3 Å². The van der Waals surface area contributed by atoms with Crippen LogP contribution in [0, 0.1) is 5.82 Å². The number of carbonyl (C=O) groups is 1. The van der Waals surface area contributed by atoms with E-state index < -0.39 is 11.8 Å². The molecular weight excluding hydrogens is 187 g/mol. The molecule has 0 radical (unpaired) electrons. The molecule has 0 aliphatic rings. The van der Waals surface area contributed by atoms with Gasteiger partial charge in [-0.15, -0.1) is 0 Å². The summed E-state index contributed by atoms with van der Waals surface area (Å²) in [4.78, 5) is 10.2. The van der Waals surface area contributed by atoms with Crippen LogP contribution >= 0.6 is 0 Å². The lowest BCUT2D eigenvalue weighted by Gasteiger charge is -2.04. The SMILES string of the molecule is COc1c(F)cccc1/C=C/C(=O)O. The molecular formula is C10H9FO3. The Morgan fingerprint density at radius 2 is 2.29 bits per heavy atom. The van der Waals surface area contributed by atoms with Crippen LogP contribution in [0.4, 0.5) is 4.39 Å². The molecule has 0 spiro atoms. The number of rotatable bonds is 3. The third kappa shape index (κ3) is 2.32. The Morgan fingerprint density at radius 1 is 1.57 bits per heavy atom. The van der Waals surface area contributed by atoms with Crippen LogP contribution in [0.2, 0.25) is 0 Å². The number of benzene rings is 1. The standard InChI is InChI=1S/C10H9FO3/c1-14-10-7(5-6-9(12)13)3-2-4-8(10)11/h2-6H,1H3,(H,12,13)/b6-5+. The van der Waals surface area contributed by atoms with Gasteiger partial charge in [-0.2, -0.15) is 0 Å². The third-order valence-corrected chi connectivity index (χ3v) is 1.61. The molecule has 74 valence electrons. The number of ether oxygens (including phenoxy) is 1. The average molecular weight is 196 g/mol. The molecule has 1 aromatic carbocycles. The van der Waals surface area contributed by atoms with Crippen molar-refractivity contribution in [2.45, 2.75) is 0 Å². The monoisotopic (exact) mass is 196 g/mol. The molecule has 0 aliphatic heterocycles. The number of hydrogen-bond acceptors (Lipinski definition) is 2. The molecule has 0 aliphatic carbocycles. The van der Waals surface area contributed by atoms with Crippen LogP contribution in [-0.2, 0) is 4.79 Å². The first-order valence-electron chi connectivity index (χ1n) is 3.88. The van der Waals surface area contributed by atoms with Gasteiger partial charge in [0.25, 0.3) is 0 Å². The van der Waals surface area contributed by atoms with Crippen molar-refractivity contribution in [2.24, 2.45) is 0 Å². The fourth-order valence-electron chi connectivity index (χ4n) is 1.03. The summed E-state index contributed by atoms with van der Waals surface area (Å²) in [5.74, 6) is -1.55. The summed E-state index contributed by atoms with van der Waals surface area (Å²) in [6.45, 7) is 0. The van der Waals surface area contributed by atoms with Gasteiger partial charge in [-0.25, -0.2) is 9.18 Å². The summed E-state index contributed by atoms with van der Waals surface area (Å²) in [6, 6.07) is 4.30. The van der Waals surface area contributed by atoms with E-state index in [0.29, 0.717) is 5.56 Å². The molecule has 3 nitrogen and oxygen atoms in total. The Labute approximate surface area is 80.4 Å². The highest BCUT2D eigenvalue weighted by atomic mass is 19.1.